The number of benzene rings is 3. The van der Waals surface area contributed by atoms with Crippen LogP contribution in [-0.4, -0.2) is 19.9 Å². The van der Waals surface area contributed by atoms with Crippen LogP contribution in [0.25, 0.3) is 21.7 Å². The van der Waals surface area contributed by atoms with Crippen molar-refractivity contribution in [3.8, 4) is 0 Å². The Hall–Kier alpha value is -2.83. The van der Waals surface area contributed by atoms with Crippen molar-refractivity contribution < 1.29 is 8.42 Å². The molecule has 4 N–H and O–H groups in total. The zero-order chi connectivity index (χ0) is 19.9. The van der Waals surface area contributed by atoms with Crippen LogP contribution in [0.15, 0.2) is 71.8 Å². The molecule has 0 unspecified atom stereocenters. The lowest BCUT2D eigenvalue weighted by atomic mass is 9.84. The van der Waals surface area contributed by atoms with Crippen molar-refractivity contribution in [2.45, 2.75) is 24.2 Å². The van der Waals surface area contributed by atoms with Gasteiger partial charge in [-0.15, -0.1) is 0 Å². The van der Waals surface area contributed by atoms with Crippen LogP contribution >= 0.6 is 0 Å². The van der Waals surface area contributed by atoms with E-state index in [9.17, 15) is 8.42 Å². The fourth-order valence-electron chi connectivity index (χ4n) is 3.49. The van der Waals surface area contributed by atoms with E-state index in [1.54, 1.807) is 18.2 Å². The molecule has 0 spiro atoms. The summed E-state index contributed by atoms with van der Waals surface area (Å²) in [7, 11) is -3.73. The van der Waals surface area contributed by atoms with Gasteiger partial charge in [0, 0.05) is 40.1 Å². The number of rotatable bonds is 5. The Morgan fingerprint density at radius 1 is 1.00 bits per heavy atom. The quantitative estimate of drug-likeness (QED) is 0.471. The first-order chi connectivity index (χ1) is 13.3. The van der Waals surface area contributed by atoms with Crippen LogP contribution in [0.1, 0.15) is 19.4 Å². The topological polar surface area (TPSA) is 88.0 Å². The summed E-state index contributed by atoms with van der Waals surface area (Å²) >= 11 is 0. The van der Waals surface area contributed by atoms with Crippen LogP contribution in [0.5, 0.6) is 0 Å². The number of nitrogens with two attached hydrogens (primary N) is 1. The minimum atomic E-state index is -3.73. The number of aromatic nitrogens is 1. The Morgan fingerprint density at radius 2 is 1.75 bits per heavy atom. The number of hydrogen-bond acceptors (Lipinski definition) is 3. The summed E-state index contributed by atoms with van der Waals surface area (Å²) in [6.45, 7) is 4.64. The van der Waals surface area contributed by atoms with Gasteiger partial charge in [0.05, 0.1) is 4.90 Å². The predicted molar refractivity (Wildman–Crippen MR) is 115 cm³/mol. The van der Waals surface area contributed by atoms with Gasteiger partial charge in [-0.2, -0.15) is 0 Å². The first-order valence-electron chi connectivity index (χ1n) is 9.14. The smallest absolute Gasteiger partial charge is 0.262 e. The maximum Gasteiger partial charge on any atom is 0.262 e. The van der Waals surface area contributed by atoms with E-state index in [2.05, 4.69) is 23.6 Å². The van der Waals surface area contributed by atoms with Gasteiger partial charge in [-0.1, -0.05) is 50.2 Å². The second kappa shape index (κ2) is 6.65. The van der Waals surface area contributed by atoms with Crippen LogP contribution in [0.2, 0.25) is 0 Å². The molecule has 0 aliphatic rings. The van der Waals surface area contributed by atoms with Crippen LogP contribution in [0.4, 0.5) is 5.69 Å². The van der Waals surface area contributed by atoms with Gasteiger partial charge < -0.3 is 10.7 Å². The second-order valence-electron chi connectivity index (χ2n) is 7.63. The molecule has 0 aliphatic heterocycles. The molecule has 0 bridgehead atoms. The molecule has 0 atom stereocenters. The SMILES string of the molecule is CC(C)(CN)c1c[nH]c2ccc(NS(=O)(=O)c3cccc4ccccc34)cc12. The van der Waals surface area contributed by atoms with Gasteiger partial charge >= 0.3 is 0 Å². The maximum atomic E-state index is 13.1. The van der Waals surface area contributed by atoms with Gasteiger partial charge in [0.15, 0.2) is 0 Å². The fourth-order valence-corrected chi connectivity index (χ4v) is 4.77. The van der Waals surface area contributed by atoms with Gasteiger partial charge in [-0.25, -0.2) is 8.42 Å². The summed E-state index contributed by atoms with van der Waals surface area (Å²) < 4.78 is 28.9. The van der Waals surface area contributed by atoms with Gasteiger partial charge in [0.1, 0.15) is 0 Å². The molecule has 1 aromatic heterocycles. The number of nitrogens with one attached hydrogen (secondary N) is 2. The van der Waals surface area contributed by atoms with Gasteiger partial charge in [-0.3, -0.25) is 4.72 Å². The molecule has 144 valence electrons. The highest BCUT2D eigenvalue weighted by Crippen LogP contribution is 2.32. The molecule has 28 heavy (non-hydrogen) atoms. The lowest BCUT2D eigenvalue weighted by Gasteiger charge is -2.22. The number of hydrogen-bond donors (Lipinski definition) is 3. The Kier molecular flexibility index (Phi) is 4.40. The number of H-pyrrole nitrogens is 1. The summed E-state index contributed by atoms with van der Waals surface area (Å²) in [6.07, 6.45) is 1.94. The molecule has 0 fully saturated rings. The largest absolute Gasteiger partial charge is 0.361 e. The van der Waals surface area contributed by atoms with E-state index in [1.165, 1.54) is 0 Å². The van der Waals surface area contributed by atoms with Crippen LogP contribution in [0, 0.1) is 0 Å². The van der Waals surface area contributed by atoms with Gasteiger partial charge in [0.25, 0.3) is 10.0 Å². The summed E-state index contributed by atoms with van der Waals surface area (Å²) in [6, 6.07) is 18.3. The predicted octanol–water partition coefficient (Wildman–Crippen LogP) is 4.36. The molecule has 0 saturated carbocycles. The average Bonchev–Trinajstić information content (AvgIpc) is 3.11. The third-order valence-electron chi connectivity index (χ3n) is 5.21. The van der Waals surface area contributed by atoms with Crippen molar-refractivity contribution in [2.75, 3.05) is 11.3 Å². The molecule has 0 radical (unpaired) electrons. The van der Waals surface area contributed by atoms with Crippen molar-refractivity contribution in [3.05, 3.63) is 72.4 Å². The Labute approximate surface area is 164 Å². The molecular formula is C22H23N3O2S. The van der Waals surface area contributed by atoms with E-state index in [0.717, 1.165) is 21.9 Å². The highest BCUT2D eigenvalue weighted by molar-refractivity contribution is 7.93. The lowest BCUT2D eigenvalue weighted by molar-refractivity contribution is 0.544. The van der Waals surface area contributed by atoms with Crippen molar-refractivity contribution in [1.82, 2.24) is 4.98 Å². The summed E-state index contributed by atoms with van der Waals surface area (Å²) in [5.41, 5.74) is 8.25. The Balaban J connectivity index is 1.78. The number of sulfonamides is 1. The maximum absolute atomic E-state index is 13.1. The first kappa shape index (κ1) is 18.5. The van der Waals surface area contributed by atoms with Crippen molar-refractivity contribution in [2.24, 2.45) is 5.73 Å². The number of aromatic amines is 1. The second-order valence-corrected chi connectivity index (χ2v) is 9.28. The zero-order valence-electron chi connectivity index (χ0n) is 15.9. The van der Waals surface area contributed by atoms with Crippen LogP contribution < -0.4 is 10.5 Å². The fraction of sp³-hybridized carbons (Fsp3) is 0.182. The molecular weight excluding hydrogens is 370 g/mol. The average molecular weight is 394 g/mol. The molecule has 0 amide bonds. The number of anilines is 1. The third-order valence-corrected chi connectivity index (χ3v) is 6.65. The standard InChI is InChI=1S/C22H23N3O2S/c1-22(2,14-23)19-13-24-20-11-10-16(12-18(19)20)25-28(26,27)21-9-5-7-15-6-3-4-8-17(15)21/h3-13,24-25H,14,23H2,1-2H3. The first-order valence-corrected chi connectivity index (χ1v) is 10.6. The Morgan fingerprint density at radius 3 is 2.54 bits per heavy atom. The molecule has 3 aromatic carbocycles. The van der Waals surface area contributed by atoms with Crippen LogP contribution in [-0.2, 0) is 15.4 Å². The summed E-state index contributed by atoms with van der Waals surface area (Å²) in [4.78, 5) is 3.51. The molecule has 4 aromatic rings. The van der Waals surface area contributed by atoms with E-state index in [0.29, 0.717) is 17.6 Å². The van der Waals surface area contributed by atoms with E-state index in [1.807, 2.05) is 48.7 Å². The Bertz CT molecular complexity index is 1270. The minimum Gasteiger partial charge on any atom is -0.361 e. The highest BCUT2D eigenvalue weighted by Gasteiger charge is 2.23. The molecule has 0 saturated heterocycles. The molecule has 1 heterocycles. The number of fused-ring (bicyclic) bond motifs is 2. The summed E-state index contributed by atoms with van der Waals surface area (Å²) in [5.74, 6) is 0. The van der Waals surface area contributed by atoms with E-state index in [4.69, 9.17) is 5.73 Å². The van der Waals surface area contributed by atoms with Gasteiger partial charge in [-0.05, 0) is 35.2 Å². The molecule has 6 heteroatoms. The monoisotopic (exact) mass is 393 g/mol. The van der Waals surface area contributed by atoms with E-state index < -0.39 is 10.0 Å². The third kappa shape index (κ3) is 3.15. The van der Waals surface area contributed by atoms with E-state index >= 15 is 0 Å². The molecule has 4 rings (SSSR count). The highest BCUT2D eigenvalue weighted by atomic mass is 32.2. The normalized spacial score (nSPS) is 12.5. The van der Waals surface area contributed by atoms with Crippen molar-refractivity contribution in [3.63, 3.8) is 0 Å². The molecule has 5 nitrogen and oxygen atoms in total. The van der Waals surface area contributed by atoms with Crippen LogP contribution in [0.3, 0.4) is 0 Å². The molecule has 0 aliphatic carbocycles. The zero-order valence-corrected chi connectivity index (χ0v) is 16.7. The van der Waals surface area contributed by atoms with E-state index in [-0.39, 0.29) is 10.3 Å². The summed E-state index contributed by atoms with van der Waals surface area (Å²) in [5, 5.41) is 2.55. The van der Waals surface area contributed by atoms with Crippen molar-refractivity contribution >= 4 is 37.4 Å². The lowest BCUT2D eigenvalue weighted by Crippen LogP contribution is -2.27. The minimum absolute atomic E-state index is 0.217. The van der Waals surface area contributed by atoms with Gasteiger partial charge in [0.2, 0.25) is 0 Å². The van der Waals surface area contributed by atoms with Crippen molar-refractivity contribution in [1.29, 1.82) is 0 Å².